The minimum atomic E-state index is -0.904. The maximum absolute atomic E-state index is 12.6. The highest BCUT2D eigenvalue weighted by Crippen LogP contribution is 2.27. The molecule has 0 saturated carbocycles. The molecule has 0 aliphatic heterocycles. The molecular formula is C24H25NO3. The predicted octanol–water partition coefficient (Wildman–Crippen LogP) is 5.46. The summed E-state index contributed by atoms with van der Waals surface area (Å²) in [5.41, 5.74) is 3.25. The van der Waals surface area contributed by atoms with Crippen molar-refractivity contribution in [1.82, 2.24) is 0 Å². The molecule has 3 aromatic rings. The molecule has 0 unspecified atom stereocenters. The van der Waals surface area contributed by atoms with E-state index in [9.17, 15) is 9.59 Å². The van der Waals surface area contributed by atoms with Gasteiger partial charge in [0.25, 0.3) is 5.91 Å². The molecule has 0 aliphatic carbocycles. The Labute approximate surface area is 165 Å². The fourth-order valence-electron chi connectivity index (χ4n) is 3.17. The lowest BCUT2D eigenvalue weighted by molar-refractivity contribution is -0.123. The van der Waals surface area contributed by atoms with Gasteiger partial charge in [0.2, 0.25) is 0 Å². The highest BCUT2D eigenvalue weighted by molar-refractivity contribution is 5.99. The third-order valence-corrected chi connectivity index (χ3v) is 4.81. The van der Waals surface area contributed by atoms with Gasteiger partial charge in [0.15, 0.2) is 6.10 Å². The van der Waals surface area contributed by atoms with Crippen LogP contribution >= 0.6 is 0 Å². The van der Waals surface area contributed by atoms with E-state index in [1.807, 2.05) is 55.5 Å². The van der Waals surface area contributed by atoms with Crippen LogP contribution in [0.3, 0.4) is 0 Å². The average Bonchev–Trinajstić information content (AvgIpc) is 2.68. The van der Waals surface area contributed by atoms with Crippen molar-refractivity contribution in [2.24, 2.45) is 0 Å². The first kappa shape index (κ1) is 19.6. The summed E-state index contributed by atoms with van der Waals surface area (Å²) in [4.78, 5) is 25.1. The van der Waals surface area contributed by atoms with Gasteiger partial charge in [-0.15, -0.1) is 0 Å². The van der Waals surface area contributed by atoms with Crippen molar-refractivity contribution in [2.45, 2.75) is 39.7 Å². The molecule has 0 bridgehead atoms. The summed E-state index contributed by atoms with van der Waals surface area (Å²) in [7, 11) is 0. The number of aryl methyl sites for hydroxylation is 1. The molecule has 4 nitrogen and oxygen atoms in total. The van der Waals surface area contributed by atoms with E-state index in [0.717, 1.165) is 27.6 Å². The van der Waals surface area contributed by atoms with Gasteiger partial charge < -0.3 is 10.1 Å². The first-order valence-electron chi connectivity index (χ1n) is 9.47. The maximum atomic E-state index is 12.6. The molecule has 3 rings (SSSR count). The van der Waals surface area contributed by atoms with E-state index in [4.69, 9.17) is 4.74 Å². The number of amides is 1. The zero-order valence-corrected chi connectivity index (χ0v) is 16.7. The van der Waals surface area contributed by atoms with E-state index in [-0.39, 0.29) is 11.8 Å². The van der Waals surface area contributed by atoms with Crippen LogP contribution in [-0.2, 0) is 9.53 Å². The number of nitrogens with one attached hydrogen (secondary N) is 1. The van der Waals surface area contributed by atoms with Crippen molar-refractivity contribution >= 4 is 28.3 Å². The van der Waals surface area contributed by atoms with E-state index in [1.54, 1.807) is 19.1 Å². The van der Waals surface area contributed by atoms with Crippen LogP contribution in [0.5, 0.6) is 0 Å². The summed E-state index contributed by atoms with van der Waals surface area (Å²) in [6, 6.07) is 19.1. The first-order chi connectivity index (χ1) is 13.4. The lowest BCUT2D eigenvalue weighted by atomic mass is 9.98. The van der Waals surface area contributed by atoms with Crippen molar-refractivity contribution < 1.29 is 14.3 Å². The van der Waals surface area contributed by atoms with E-state index in [0.29, 0.717) is 5.56 Å². The molecule has 0 saturated heterocycles. The highest BCUT2D eigenvalue weighted by atomic mass is 16.5. The number of para-hydroxylation sites is 1. The molecule has 4 heteroatoms. The molecule has 0 aromatic heterocycles. The zero-order chi connectivity index (χ0) is 20.3. The lowest BCUT2D eigenvalue weighted by Crippen LogP contribution is -2.30. The molecule has 144 valence electrons. The van der Waals surface area contributed by atoms with Crippen molar-refractivity contribution in [3.63, 3.8) is 0 Å². The molecular weight excluding hydrogens is 350 g/mol. The number of fused-ring (bicyclic) bond motifs is 1. The Hall–Kier alpha value is -3.14. The Morgan fingerprint density at radius 1 is 0.893 bits per heavy atom. The van der Waals surface area contributed by atoms with Gasteiger partial charge in [0.05, 0.1) is 5.56 Å². The normalized spacial score (nSPS) is 12.0. The fraction of sp³-hybridized carbons (Fsp3) is 0.250. The number of benzene rings is 3. The van der Waals surface area contributed by atoms with Crippen LogP contribution in [0.4, 0.5) is 5.69 Å². The number of esters is 1. The number of rotatable bonds is 5. The van der Waals surface area contributed by atoms with Gasteiger partial charge in [-0.2, -0.15) is 0 Å². The average molecular weight is 375 g/mol. The minimum Gasteiger partial charge on any atom is -0.449 e. The van der Waals surface area contributed by atoms with Crippen LogP contribution in [0.1, 0.15) is 48.2 Å². The summed E-state index contributed by atoms with van der Waals surface area (Å²) in [5.74, 6) is -0.585. The third-order valence-electron chi connectivity index (χ3n) is 4.81. The van der Waals surface area contributed by atoms with Gasteiger partial charge in [0.1, 0.15) is 0 Å². The molecule has 28 heavy (non-hydrogen) atoms. The van der Waals surface area contributed by atoms with Gasteiger partial charge in [-0.25, -0.2) is 4.79 Å². The van der Waals surface area contributed by atoms with Crippen LogP contribution in [0.15, 0.2) is 60.7 Å². The number of ether oxygens (including phenoxy) is 1. The summed E-state index contributed by atoms with van der Waals surface area (Å²) in [6.45, 7) is 7.69. The first-order valence-corrected chi connectivity index (χ1v) is 9.47. The van der Waals surface area contributed by atoms with Crippen molar-refractivity contribution in [3.05, 3.63) is 77.4 Å². The standard InChI is InChI=1S/C24H25NO3/c1-15(2)21-11-7-8-16(3)22(21)25-23(26)17(4)28-24(27)20-13-12-18-9-5-6-10-19(18)14-20/h5-15,17H,1-4H3,(H,25,26)/t17-/m0/s1. The third kappa shape index (κ3) is 4.22. The highest BCUT2D eigenvalue weighted by Gasteiger charge is 2.21. The molecule has 0 spiro atoms. The van der Waals surface area contributed by atoms with E-state index >= 15 is 0 Å². The topological polar surface area (TPSA) is 55.4 Å². The van der Waals surface area contributed by atoms with E-state index in [1.165, 1.54) is 0 Å². The van der Waals surface area contributed by atoms with Crippen LogP contribution < -0.4 is 5.32 Å². The van der Waals surface area contributed by atoms with Gasteiger partial charge in [-0.05, 0) is 53.8 Å². The summed E-state index contributed by atoms with van der Waals surface area (Å²) < 4.78 is 5.41. The quantitative estimate of drug-likeness (QED) is 0.603. The van der Waals surface area contributed by atoms with Crippen LogP contribution in [0, 0.1) is 6.92 Å². The number of hydrogen-bond acceptors (Lipinski definition) is 3. The van der Waals surface area contributed by atoms with E-state index in [2.05, 4.69) is 19.2 Å². The summed E-state index contributed by atoms with van der Waals surface area (Å²) in [5, 5.41) is 4.93. The second-order valence-electron chi connectivity index (χ2n) is 7.29. The Kier molecular flexibility index (Phi) is 5.78. The Balaban J connectivity index is 1.72. The van der Waals surface area contributed by atoms with Crippen molar-refractivity contribution in [3.8, 4) is 0 Å². The largest absolute Gasteiger partial charge is 0.449 e. The Morgan fingerprint density at radius 2 is 1.61 bits per heavy atom. The van der Waals surface area contributed by atoms with Gasteiger partial charge in [-0.3, -0.25) is 4.79 Å². The van der Waals surface area contributed by atoms with Crippen molar-refractivity contribution in [2.75, 3.05) is 5.32 Å². The SMILES string of the molecule is Cc1cccc(C(C)C)c1NC(=O)[C@H](C)OC(=O)c1ccc2ccccc2c1. The minimum absolute atomic E-state index is 0.269. The molecule has 0 fully saturated rings. The predicted molar refractivity (Wildman–Crippen MR) is 113 cm³/mol. The second kappa shape index (κ2) is 8.26. The van der Waals surface area contributed by atoms with Crippen LogP contribution in [-0.4, -0.2) is 18.0 Å². The number of anilines is 1. The van der Waals surface area contributed by atoms with Crippen LogP contribution in [0.25, 0.3) is 10.8 Å². The molecule has 3 aromatic carbocycles. The smallest absolute Gasteiger partial charge is 0.338 e. The zero-order valence-electron chi connectivity index (χ0n) is 16.7. The molecule has 1 amide bonds. The van der Waals surface area contributed by atoms with Crippen LogP contribution in [0.2, 0.25) is 0 Å². The fourth-order valence-corrected chi connectivity index (χ4v) is 3.17. The molecule has 1 N–H and O–H groups in total. The molecule has 0 radical (unpaired) electrons. The Bertz CT molecular complexity index is 1020. The monoisotopic (exact) mass is 375 g/mol. The van der Waals surface area contributed by atoms with Gasteiger partial charge in [0, 0.05) is 5.69 Å². The number of carbonyl (C=O) groups excluding carboxylic acids is 2. The van der Waals surface area contributed by atoms with E-state index < -0.39 is 12.1 Å². The van der Waals surface area contributed by atoms with Gasteiger partial charge in [-0.1, -0.05) is 62.4 Å². The molecule has 0 aliphatic rings. The lowest BCUT2D eigenvalue weighted by Gasteiger charge is -2.19. The maximum Gasteiger partial charge on any atom is 0.338 e. The number of carbonyl (C=O) groups is 2. The molecule has 0 heterocycles. The summed E-state index contributed by atoms with van der Waals surface area (Å²) >= 11 is 0. The molecule has 1 atom stereocenters. The second-order valence-corrected chi connectivity index (χ2v) is 7.29. The summed E-state index contributed by atoms with van der Waals surface area (Å²) in [6.07, 6.45) is -0.904. The number of hydrogen-bond donors (Lipinski definition) is 1. The van der Waals surface area contributed by atoms with Gasteiger partial charge >= 0.3 is 5.97 Å². The van der Waals surface area contributed by atoms with Crippen molar-refractivity contribution in [1.29, 1.82) is 0 Å². The Morgan fingerprint density at radius 3 is 2.32 bits per heavy atom.